The second kappa shape index (κ2) is 5.67. The SMILES string of the molecule is Cc1noc(C)c1CNCc1ccccc1C(=O)O. The number of nitrogens with one attached hydrogen (secondary N) is 1. The smallest absolute Gasteiger partial charge is 0.336 e. The lowest BCUT2D eigenvalue weighted by Crippen LogP contribution is -2.16. The Balaban J connectivity index is 2.02. The van der Waals surface area contributed by atoms with Crippen LogP contribution in [-0.4, -0.2) is 16.2 Å². The number of carbonyl (C=O) groups is 1. The zero-order valence-corrected chi connectivity index (χ0v) is 10.9. The minimum atomic E-state index is -0.908. The van der Waals surface area contributed by atoms with Crippen LogP contribution in [-0.2, 0) is 13.1 Å². The van der Waals surface area contributed by atoms with Gasteiger partial charge in [-0.15, -0.1) is 0 Å². The lowest BCUT2D eigenvalue weighted by molar-refractivity contribution is 0.0695. The van der Waals surface area contributed by atoms with Crippen LogP contribution < -0.4 is 5.32 Å². The second-order valence-electron chi connectivity index (χ2n) is 4.37. The molecule has 2 N–H and O–H groups in total. The first kappa shape index (κ1) is 13.3. The summed E-state index contributed by atoms with van der Waals surface area (Å²) in [6, 6.07) is 6.97. The third-order valence-corrected chi connectivity index (χ3v) is 3.05. The van der Waals surface area contributed by atoms with E-state index in [-0.39, 0.29) is 0 Å². The molecule has 1 aromatic carbocycles. The second-order valence-corrected chi connectivity index (χ2v) is 4.37. The first-order chi connectivity index (χ1) is 9.09. The van der Waals surface area contributed by atoms with E-state index in [1.807, 2.05) is 26.0 Å². The molecular weight excluding hydrogens is 244 g/mol. The number of carboxylic acids is 1. The molecule has 0 fully saturated rings. The van der Waals surface area contributed by atoms with Crippen molar-refractivity contribution in [2.75, 3.05) is 0 Å². The molecule has 5 heteroatoms. The molecule has 0 bridgehead atoms. The van der Waals surface area contributed by atoms with E-state index in [1.54, 1.807) is 12.1 Å². The molecule has 5 nitrogen and oxygen atoms in total. The standard InChI is InChI=1S/C14H16N2O3/c1-9-13(10(2)19-16-9)8-15-7-11-5-3-4-6-12(11)14(17)18/h3-6,15H,7-8H2,1-2H3,(H,17,18). The number of hydrogen-bond donors (Lipinski definition) is 2. The maximum atomic E-state index is 11.1. The first-order valence-electron chi connectivity index (χ1n) is 6.03. The number of rotatable bonds is 5. The molecule has 100 valence electrons. The number of aryl methyl sites for hydroxylation is 2. The van der Waals surface area contributed by atoms with Crippen molar-refractivity contribution in [2.24, 2.45) is 0 Å². The van der Waals surface area contributed by atoms with Gasteiger partial charge in [0.2, 0.25) is 0 Å². The van der Waals surface area contributed by atoms with Crippen molar-refractivity contribution in [1.82, 2.24) is 10.5 Å². The predicted octanol–water partition coefficient (Wildman–Crippen LogP) is 2.28. The molecule has 2 aromatic rings. The van der Waals surface area contributed by atoms with Crippen LogP contribution in [0.5, 0.6) is 0 Å². The van der Waals surface area contributed by atoms with Crippen LogP contribution in [0.25, 0.3) is 0 Å². The van der Waals surface area contributed by atoms with Crippen molar-refractivity contribution >= 4 is 5.97 Å². The van der Waals surface area contributed by atoms with Crippen LogP contribution in [0.4, 0.5) is 0 Å². The molecule has 0 aliphatic rings. The molecule has 0 radical (unpaired) electrons. The molecule has 0 unspecified atom stereocenters. The van der Waals surface area contributed by atoms with Crippen molar-refractivity contribution in [3.8, 4) is 0 Å². The number of nitrogens with zero attached hydrogens (tertiary/aromatic N) is 1. The summed E-state index contributed by atoms with van der Waals surface area (Å²) in [5, 5.41) is 16.2. The summed E-state index contributed by atoms with van der Waals surface area (Å²) in [5.74, 6) is -0.119. The van der Waals surface area contributed by atoms with Crippen LogP contribution in [0.1, 0.15) is 32.9 Å². The Morgan fingerprint density at radius 1 is 1.32 bits per heavy atom. The van der Waals surface area contributed by atoms with E-state index < -0.39 is 5.97 Å². The minimum absolute atomic E-state index is 0.328. The minimum Gasteiger partial charge on any atom is -0.478 e. The normalized spacial score (nSPS) is 10.6. The maximum Gasteiger partial charge on any atom is 0.336 e. The molecule has 0 saturated heterocycles. The lowest BCUT2D eigenvalue weighted by Gasteiger charge is -2.07. The van der Waals surface area contributed by atoms with Gasteiger partial charge in [-0.3, -0.25) is 0 Å². The van der Waals surface area contributed by atoms with Gasteiger partial charge < -0.3 is 14.9 Å². The van der Waals surface area contributed by atoms with E-state index in [4.69, 9.17) is 9.63 Å². The van der Waals surface area contributed by atoms with Crippen molar-refractivity contribution in [3.63, 3.8) is 0 Å². The summed E-state index contributed by atoms with van der Waals surface area (Å²) in [5.41, 5.74) is 2.97. The fourth-order valence-corrected chi connectivity index (χ4v) is 1.96. The summed E-state index contributed by atoms with van der Waals surface area (Å²) in [6.07, 6.45) is 0. The third-order valence-electron chi connectivity index (χ3n) is 3.05. The Labute approximate surface area is 111 Å². The van der Waals surface area contributed by atoms with Gasteiger partial charge in [0.25, 0.3) is 0 Å². The molecule has 0 aliphatic heterocycles. The topological polar surface area (TPSA) is 75.4 Å². The fourth-order valence-electron chi connectivity index (χ4n) is 1.96. The van der Waals surface area contributed by atoms with E-state index in [0.717, 1.165) is 22.6 Å². The van der Waals surface area contributed by atoms with Gasteiger partial charge in [-0.2, -0.15) is 0 Å². The zero-order valence-electron chi connectivity index (χ0n) is 10.9. The highest BCUT2D eigenvalue weighted by molar-refractivity contribution is 5.89. The average Bonchev–Trinajstić information content (AvgIpc) is 2.70. The lowest BCUT2D eigenvalue weighted by atomic mass is 10.1. The molecule has 0 saturated carbocycles. The third kappa shape index (κ3) is 3.00. The van der Waals surface area contributed by atoms with Gasteiger partial charge in [-0.1, -0.05) is 23.4 Å². The monoisotopic (exact) mass is 260 g/mol. The Morgan fingerprint density at radius 3 is 2.68 bits per heavy atom. The first-order valence-corrected chi connectivity index (χ1v) is 6.03. The molecular formula is C14H16N2O3. The van der Waals surface area contributed by atoms with E-state index in [0.29, 0.717) is 18.7 Å². The Hall–Kier alpha value is -2.14. The van der Waals surface area contributed by atoms with Gasteiger partial charge in [0.15, 0.2) is 0 Å². The van der Waals surface area contributed by atoms with Crippen LogP contribution in [0, 0.1) is 13.8 Å². The highest BCUT2D eigenvalue weighted by atomic mass is 16.5. The highest BCUT2D eigenvalue weighted by Gasteiger charge is 2.10. The fraction of sp³-hybridized carbons (Fsp3) is 0.286. The number of aromatic carboxylic acids is 1. The molecule has 0 atom stereocenters. The maximum absolute atomic E-state index is 11.1. The number of hydrogen-bond acceptors (Lipinski definition) is 4. The molecule has 0 aliphatic carbocycles. The summed E-state index contributed by atoms with van der Waals surface area (Å²) in [7, 11) is 0. The zero-order chi connectivity index (χ0) is 13.8. The van der Waals surface area contributed by atoms with Crippen molar-refractivity contribution in [1.29, 1.82) is 0 Å². The summed E-state index contributed by atoms with van der Waals surface area (Å²) >= 11 is 0. The summed E-state index contributed by atoms with van der Waals surface area (Å²) < 4.78 is 5.08. The van der Waals surface area contributed by atoms with Crippen LogP contribution >= 0.6 is 0 Å². The van der Waals surface area contributed by atoms with Gasteiger partial charge in [0.05, 0.1) is 11.3 Å². The number of carboxylic acid groups (broad SMARTS) is 1. The molecule has 0 amide bonds. The van der Waals surface area contributed by atoms with Gasteiger partial charge in [-0.05, 0) is 25.5 Å². The number of aromatic nitrogens is 1. The summed E-state index contributed by atoms with van der Waals surface area (Å²) in [4.78, 5) is 11.1. The molecule has 1 aromatic heterocycles. The van der Waals surface area contributed by atoms with E-state index in [9.17, 15) is 4.79 Å². The molecule has 2 rings (SSSR count). The predicted molar refractivity (Wildman–Crippen MR) is 69.9 cm³/mol. The van der Waals surface area contributed by atoms with Crippen molar-refractivity contribution in [2.45, 2.75) is 26.9 Å². The van der Waals surface area contributed by atoms with Crippen molar-refractivity contribution in [3.05, 3.63) is 52.4 Å². The largest absolute Gasteiger partial charge is 0.478 e. The Bertz CT molecular complexity index is 571. The molecule has 19 heavy (non-hydrogen) atoms. The highest BCUT2D eigenvalue weighted by Crippen LogP contribution is 2.13. The summed E-state index contributed by atoms with van der Waals surface area (Å²) in [6.45, 7) is 4.85. The van der Waals surface area contributed by atoms with Crippen LogP contribution in [0.2, 0.25) is 0 Å². The van der Waals surface area contributed by atoms with Crippen molar-refractivity contribution < 1.29 is 14.4 Å². The Morgan fingerprint density at radius 2 is 2.05 bits per heavy atom. The van der Waals surface area contributed by atoms with E-state index >= 15 is 0 Å². The van der Waals surface area contributed by atoms with E-state index in [1.165, 1.54) is 0 Å². The molecule has 1 heterocycles. The van der Waals surface area contributed by atoms with Gasteiger partial charge >= 0.3 is 5.97 Å². The Kier molecular flexibility index (Phi) is 3.97. The molecule has 0 spiro atoms. The van der Waals surface area contributed by atoms with E-state index in [2.05, 4.69) is 10.5 Å². The van der Waals surface area contributed by atoms with Gasteiger partial charge in [-0.25, -0.2) is 4.79 Å². The van der Waals surface area contributed by atoms with Gasteiger partial charge in [0.1, 0.15) is 5.76 Å². The van der Waals surface area contributed by atoms with Gasteiger partial charge in [0, 0.05) is 18.7 Å². The van der Waals surface area contributed by atoms with Crippen LogP contribution in [0.3, 0.4) is 0 Å². The average molecular weight is 260 g/mol. The quantitative estimate of drug-likeness (QED) is 0.862. The van der Waals surface area contributed by atoms with Crippen LogP contribution in [0.15, 0.2) is 28.8 Å². The number of benzene rings is 1.